The molecule has 0 amide bonds. The molecular formula is C49H31NS2. The highest BCUT2D eigenvalue weighted by atomic mass is 32.1. The summed E-state index contributed by atoms with van der Waals surface area (Å²) in [6.45, 7) is 0. The fraction of sp³-hybridized carbons (Fsp3) is 0.0204. The Morgan fingerprint density at radius 3 is 1.69 bits per heavy atom. The third kappa shape index (κ3) is 4.15. The SMILES string of the molecule is c1ccc(N(c2ccc3c(c2)sc2cccc(C4(c5ccccc5)c5ccccc5-c5ccccc54)c23)c2cccc3sc4ccccc4c23)cc1. The highest BCUT2D eigenvalue weighted by Crippen LogP contribution is 2.58. The molecule has 11 rings (SSSR count). The van der Waals surface area contributed by atoms with E-state index in [1.54, 1.807) is 0 Å². The van der Waals surface area contributed by atoms with Crippen LogP contribution in [0.2, 0.25) is 0 Å². The maximum Gasteiger partial charge on any atom is 0.0720 e. The van der Waals surface area contributed by atoms with Gasteiger partial charge in [-0.05, 0) is 81.9 Å². The molecule has 2 aromatic heterocycles. The van der Waals surface area contributed by atoms with Crippen LogP contribution in [0.4, 0.5) is 17.1 Å². The first-order chi connectivity index (χ1) is 25.8. The average molecular weight is 698 g/mol. The normalized spacial score (nSPS) is 13.2. The lowest BCUT2D eigenvalue weighted by Gasteiger charge is -2.34. The van der Waals surface area contributed by atoms with Crippen LogP contribution in [0.5, 0.6) is 0 Å². The van der Waals surface area contributed by atoms with Crippen LogP contribution in [0, 0.1) is 0 Å². The third-order valence-corrected chi connectivity index (χ3v) is 13.2. The van der Waals surface area contributed by atoms with Gasteiger partial charge in [-0.1, -0.05) is 140 Å². The maximum absolute atomic E-state index is 2.45. The molecule has 0 spiro atoms. The number of anilines is 3. The van der Waals surface area contributed by atoms with Gasteiger partial charge in [0.05, 0.1) is 11.1 Å². The number of fused-ring (bicyclic) bond motifs is 9. The van der Waals surface area contributed by atoms with E-state index < -0.39 is 5.41 Å². The predicted octanol–water partition coefficient (Wildman–Crippen LogP) is 14.3. The summed E-state index contributed by atoms with van der Waals surface area (Å²) in [7, 11) is 0. The number of benzene rings is 8. The summed E-state index contributed by atoms with van der Waals surface area (Å²) in [6.07, 6.45) is 0. The standard InChI is InChI=1S/C49H31NS2/c1-3-15-32(16-4-1)49(39-22-10-7-19-35(39)36-20-8-11-23-40(36)49)41-24-13-27-44-47(41)38-30-29-34(31-46(38)52-44)50(33-17-5-2-6-18-33)42-25-14-28-45-48(42)37-21-9-12-26-43(37)51-45/h1-31H. The Kier molecular flexibility index (Phi) is 6.57. The molecule has 0 saturated heterocycles. The summed E-state index contributed by atoms with van der Waals surface area (Å²) in [6, 6.07) is 69.6. The minimum atomic E-state index is -0.452. The second kappa shape index (κ2) is 11.5. The van der Waals surface area contributed by atoms with E-state index in [1.165, 1.54) is 79.4 Å². The number of nitrogens with zero attached hydrogens (tertiary/aromatic N) is 1. The molecular weight excluding hydrogens is 667 g/mol. The van der Waals surface area contributed by atoms with Crippen LogP contribution in [0.25, 0.3) is 51.5 Å². The van der Waals surface area contributed by atoms with Crippen molar-refractivity contribution in [3.05, 3.63) is 210 Å². The summed E-state index contributed by atoms with van der Waals surface area (Å²) >= 11 is 3.76. The van der Waals surface area contributed by atoms with Gasteiger partial charge in [-0.3, -0.25) is 0 Å². The van der Waals surface area contributed by atoms with Gasteiger partial charge in [-0.15, -0.1) is 22.7 Å². The van der Waals surface area contributed by atoms with E-state index in [2.05, 4.69) is 193 Å². The summed E-state index contributed by atoms with van der Waals surface area (Å²) in [5.74, 6) is 0. The van der Waals surface area contributed by atoms with Crippen molar-refractivity contribution < 1.29 is 0 Å². The van der Waals surface area contributed by atoms with Crippen molar-refractivity contribution in [1.82, 2.24) is 0 Å². The van der Waals surface area contributed by atoms with E-state index in [4.69, 9.17) is 0 Å². The molecule has 10 aromatic rings. The van der Waals surface area contributed by atoms with Crippen molar-refractivity contribution in [2.75, 3.05) is 4.90 Å². The quantitative estimate of drug-likeness (QED) is 0.173. The molecule has 1 aliphatic rings. The Morgan fingerprint density at radius 2 is 0.923 bits per heavy atom. The Bertz CT molecular complexity index is 2930. The molecule has 0 aliphatic heterocycles. The van der Waals surface area contributed by atoms with Gasteiger partial charge in [0.1, 0.15) is 0 Å². The first-order valence-electron chi connectivity index (χ1n) is 17.8. The van der Waals surface area contributed by atoms with Crippen molar-refractivity contribution in [1.29, 1.82) is 0 Å². The van der Waals surface area contributed by atoms with Gasteiger partial charge < -0.3 is 4.90 Å². The van der Waals surface area contributed by atoms with E-state index in [0.717, 1.165) is 11.4 Å². The number of hydrogen-bond acceptors (Lipinski definition) is 3. The van der Waals surface area contributed by atoms with Crippen molar-refractivity contribution >= 4 is 80.1 Å². The number of rotatable bonds is 5. The van der Waals surface area contributed by atoms with Gasteiger partial charge >= 0.3 is 0 Å². The molecule has 0 unspecified atom stereocenters. The molecule has 52 heavy (non-hydrogen) atoms. The van der Waals surface area contributed by atoms with Crippen LogP contribution < -0.4 is 4.90 Å². The Morgan fingerprint density at radius 1 is 0.365 bits per heavy atom. The summed E-state index contributed by atoms with van der Waals surface area (Å²) < 4.78 is 5.20. The van der Waals surface area contributed by atoms with Crippen LogP contribution in [0.1, 0.15) is 22.3 Å². The molecule has 1 nitrogen and oxygen atoms in total. The highest BCUT2D eigenvalue weighted by Gasteiger charge is 2.46. The predicted molar refractivity (Wildman–Crippen MR) is 224 cm³/mol. The van der Waals surface area contributed by atoms with Crippen LogP contribution in [0.3, 0.4) is 0 Å². The first-order valence-corrected chi connectivity index (χ1v) is 19.4. The monoisotopic (exact) mass is 697 g/mol. The lowest BCUT2D eigenvalue weighted by atomic mass is 9.66. The topological polar surface area (TPSA) is 3.24 Å². The van der Waals surface area contributed by atoms with E-state index >= 15 is 0 Å². The zero-order valence-corrected chi connectivity index (χ0v) is 29.8. The smallest absolute Gasteiger partial charge is 0.0720 e. The van der Waals surface area contributed by atoms with Crippen molar-refractivity contribution in [2.24, 2.45) is 0 Å². The number of para-hydroxylation sites is 1. The second-order valence-electron chi connectivity index (χ2n) is 13.6. The van der Waals surface area contributed by atoms with Gasteiger partial charge in [0, 0.05) is 51.7 Å². The summed E-state index contributed by atoms with van der Waals surface area (Å²) in [4.78, 5) is 2.45. The van der Waals surface area contributed by atoms with E-state index in [0.29, 0.717) is 0 Å². The Hall–Kier alpha value is -6.00. The van der Waals surface area contributed by atoms with Gasteiger partial charge in [0.25, 0.3) is 0 Å². The molecule has 3 heteroatoms. The Balaban J connectivity index is 1.18. The summed E-state index contributed by atoms with van der Waals surface area (Å²) in [5.41, 5.74) is 11.0. The highest BCUT2D eigenvalue weighted by molar-refractivity contribution is 7.26. The third-order valence-electron chi connectivity index (χ3n) is 10.9. The molecule has 0 atom stereocenters. The van der Waals surface area contributed by atoms with Gasteiger partial charge in [0.15, 0.2) is 0 Å². The molecule has 0 N–H and O–H groups in total. The molecule has 0 saturated carbocycles. The average Bonchev–Trinajstić information content (AvgIpc) is 3.87. The molecule has 0 bridgehead atoms. The molecule has 244 valence electrons. The van der Waals surface area contributed by atoms with Crippen LogP contribution in [-0.4, -0.2) is 0 Å². The van der Waals surface area contributed by atoms with Gasteiger partial charge in [-0.2, -0.15) is 0 Å². The van der Waals surface area contributed by atoms with Crippen LogP contribution in [0.15, 0.2) is 188 Å². The lowest BCUT2D eigenvalue weighted by molar-refractivity contribution is 0.777. The second-order valence-corrected chi connectivity index (χ2v) is 15.8. The van der Waals surface area contributed by atoms with Gasteiger partial charge in [0.2, 0.25) is 0 Å². The van der Waals surface area contributed by atoms with E-state index in [9.17, 15) is 0 Å². The van der Waals surface area contributed by atoms with E-state index in [-0.39, 0.29) is 0 Å². The van der Waals surface area contributed by atoms with Crippen LogP contribution >= 0.6 is 22.7 Å². The molecule has 0 radical (unpaired) electrons. The maximum atomic E-state index is 2.45. The van der Waals surface area contributed by atoms with Crippen LogP contribution in [-0.2, 0) is 5.41 Å². The van der Waals surface area contributed by atoms with Crippen molar-refractivity contribution in [3.8, 4) is 11.1 Å². The largest absolute Gasteiger partial charge is 0.310 e. The zero-order valence-electron chi connectivity index (χ0n) is 28.2. The van der Waals surface area contributed by atoms with Gasteiger partial charge in [-0.25, -0.2) is 0 Å². The summed E-state index contributed by atoms with van der Waals surface area (Å²) in [5, 5.41) is 5.23. The zero-order chi connectivity index (χ0) is 34.2. The van der Waals surface area contributed by atoms with Crippen molar-refractivity contribution in [2.45, 2.75) is 5.41 Å². The minimum Gasteiger partial charge on any atom is -0.310 e. The lowest BCUT2D eigenvalue weighted by Crippen LogP contribution is -2.28. The number of hydrogen-bond donors (Lipinski definition) is 0. The number of thiophene rings is 2. The molecule has 1 aliphatic carbocycles. The molecule has 8 aromatic carbocycles. The fourth-order valence-electron chi connectivity index (χ4n) is 8.89. The molecule has 2 heterocycles. The first kappa shape index (κ1) is 29.7. The molecule has 0 fully saturated rings. The fourth-order valence-corrected chi connectivity index (χ4v) is 11.2. The van der Waals surface area contributed by atoms with Crippen molar-refractivity contribution in [3.63, 3.8) is 0 Å². The minimum absolute atomic E-state index is 0.452. The Labute approximate surface area is 310 Å². The van der Waals surface area contributed by atoms with E-state index in [1.807, 2.05) is 22.7 Å².